The summed E-state index contributed by atoms with van der Waals surface area (Å²) in [6.07, 6.45) is 1.68. The van der Waals surface area contributed by atoms with Crippen LogP contribution in [-0.4, -0.2) is 16.3 Å². The molecule has 3 aromatic rings. The van der Waals surface area contributed by atoms with Gasteiger partial charge in [0.1, 0.15) is 5.25 Å². The molecule has 29 heavy (non-hydrogen) atoms. The van der Waals surface area contributed by atoms with E-state index < -0.39 is 5.97 Å². The first-order valence-electron chi connectivity index (χ1n) is 9.25. The highest BCUT2D eigenvalue weighted by atomic mass is 33.1. The van der Waals surface area contributed by atoms with Gasteiger partial charge < -0.3 is 5.11 Å². The Kier molecular flexibility index (Phi) is 13.1. The number of carboxylic acid groups (broad SMARTS) is 1. The molecule has 1 heterocycles. The normalized spacial score (nSPS) is 13.6. The van der Waals surface area contributed by atoms with Gasteiger partial charge in [-0.15, -0.1) is 0 Å². The van der Waals surface area contributed by atoms with Gasteiger partial charge in [-0.25, -0.2) is 0 Å². The molecule has 1 atom stereocenters. The van der Waals surface area contributed by atoms with Gasteiger partial charge in [-0.05, 0) is 26.2 Å². The number of benzene rings is 3. The average molecular weight is 425 g/mol. The van der Waals surface area contributed by atoms with E-state index in [0.29, 0.717) is 0 Å². The summed E-state index contributed by atoms with van der Waals surface area (Å²) >= 11 is 0. The molecule has 0 saturated carbocycles. The summed E-state index contributed by atoms with van der Waals surface area (Å²) in [5, 5.41) is 9.80. The van der Waals surface area contributed by atoms with Gasteiger partial charge in [0.25, 0.3) is 0 Å². The molecule has 0 spiro atoms. The van der Waals surface area contributed by atoms with Crippen molar-refractivity contribution in [3.05, 3.63) is 119 Å². The Balaban J connectivity index is 0.000000194. The van der Waals surface area contributed by atoms with Crippen molar-refractivity contribution in [2.24, 2.45) is 0 Å². The van der Waals surface area contributed by atoms with Crippen molar-refractivity contribution in [2.75, 3.05) is 0 Å². The van der Waals surface area contributed by atoms with E-state index in [4.69, 9.17) is 5.11 Å². The summed E-state index contributed by atoms with van der Waals surface area (Å²) in [6, 6.07) is 30.8. The highest BCUT2D eigenvalue weighted by Gasteiger charge is 2.17. The van der Waals surface area contributed by atoms with Crippen LogP contribution in [0.1, 0.15) is 16.7 Å². The smallest absolute Gasteiger partial charge is 0.321 e. The van der Waals surface area contributed by atoms with Crippen LogP contribution in [0, 0.1) is 20.8 Å². The van der Waals surface area contributed by atoms with Crippen LogP contribution in [0.15, 0.2) is 102 Å². The molecule has 4 rings (SSSR count). The van der Waals surface area contributed by atoms with Crippen LogP contribution < -0.4 is 0 Å². The third-order valence-electron chi connectivity index (χ3n) is 3.53. The Bertz CT molecular complexity index is 730. The van der Waals surface area contributed by atoms with Crippen LogP contribution in [0.4, 0.5) is 0 Å². The Morgan fingerprint density at radius 2 is 1.03 bits per heavy atom. The molecular formula is C25H28O2S2. The topological polar surface area (TPSA) is 37.3 Å². The predicted octanol–water partition coefficient (Wildman–Crippen LogP) is 7.33. The van der Waals surface area contributed by atoms with Gasteiger partial charge in [0.05, 0.1) is 0 Å². The van der Waals surface area contributed by atoms with Crippen LogP contribution in [0.5, 0.6) is 0 Å². The summed E-state index contributed by atoms with van der Waals surface area (Å²) < 4.78 is 0. The number of carbonyl (C=O) groups is 1. The van der Waals surface area contributed by atoms with Gasteiger partial charge in [0.15, 0.2) is 0 Å². The van der Waals surface area contributed by atoms with Crippen LogP contribution >= 0.6 is 21.6 Å². The summed E-state index contributed by atoms with van der Waals surface area (Å²) in [5.74, 6) is -0.753. The zero-order chi connectivity index (χ0) is 21.3. The molecule has 0 aromatic heterocycles. The molecule has 0 bridgehead atoms. The van der Waals surface area contributed by atoms with Crippen molar-refractivity contribution < 1.29 is 9.90 Å². The number of hydrogen-bond donors (Lipinski definition) is 1. The van der Waals surface area contributed by atoms with E-state index in [0.717, 1.165) is 0 Å². The molecule has 1 N–H and O–H groups in total. The van der Waals surface area contributed by atoms with E-state index in [1.54, 1.807) is 11.5 Å². The second-order valence-electron chi connectivity index (χ2n) is 6.24. The fraction of sp³-hybridized carbons (Fsp3) is 0.160. The molecule has 1 aliphatic heterocycles. The Morgan fingerprint density at radius 3 is 1.17 bits per heavy atom. The molecule has 0 amide bonds. The molecule has 0 fully saturated rings. The van der Waals surface area contributed by atoms with E-state index in [-0.39, 0.29) is 5.25 Å². The molecule has 1 aliphatic rings. The fourth-order valence-corrected chi connectivity index (χ4v) is 3.87. The monoisotopic (exact) mass is 424 g/mol. The number of aryl methyl sites for hydroxylation is 3. The van der Waals surface area contributed by atoms with Crippen LogP contribution in [0.2, 0.25) is 0 Å². The molecule has 3 aromatic carbocycles. The van der Waals surface area contributed by atoms with Crippen LogP contribution in [0.3, 0.4) is 0 Å². The second-order valence-corrected chi connectivity index (χ2v) is 8.56. The van der Waals surface area contributed by atoms with Crippen molar-refractivity contribution in [1.82, 2.24) is 0 Å². The predicted molar refractivity (Wildman–Crippen MR) is 129 cm³/mol. The molecule has 0 radical (unpaired) electrons. The highest BCUT2D eigenvalue weighted by molar-refractivity contribution is 8.78. The molecule has 1 unspecified atom stereocenters. The first-order valence-corrected chi connectivity index (χ1v) is 11.5. The molecular weight excluding hydrogens is 396 g/mol. The van der Waals surface area contributed by atoms with Crippen LogP contribution in [0.25, 0.3) is 0 Å². The van der Waals surface area contributed by atoms with Gasteiger partial charge in [0.2, 0.25) is 0 Å². The minimum atomic E-state index is -0.753. The van der Waals surface area contributed by atoms with Crippen molar-refractivity contribution in [3.63, 3.8) is 0 Å². The van der Waals surface area contributed by atoms with Crippen molar-refractivity contribution in [2.45, 2.75) is 26.0 Å². The summed E-state index contributed by atoms with van der Waals surface area (Å²) in [7, 11) is 2.82. The number of rotatable bonds is 1. The number of carboxylic acids is 1. The van der Waals surface area contributed by atoms with E-state index >= 15 is 0 Å². The molecule has 2 nitrogen and oxygen atoms in total. The maximum absolute atomic E-state index is 10.1. The van der Waals surface area contributed by atoms with E-state index in [2.05, 4.69) is 57.2 Å². The third kappa shape index (κ3) is 13.4. The lowest BCUT2D eigenvalue weighted by atomic mass is 10.2. The minimum Gasteiger partial charge on any atom is -0.480 e. The maximum Gasteiger partial charge on any atom is 0.321 e. The Labute approximate surface area is 182 Å². The van der Waals surface area contributed by atoms with Gasteiger partial charge in [0, 0.05) is 0 Å². The first kappa shape index (κ1) is 24.6. The summed E-state index contributed by atoms with van der Waals surface area (Å²) in [4.78, 5) is 10.1. The Hall–Kier alpha value is -2.43. The van der Waals surface area contributed by atoms with Gasteiger partial charge in [-0.1, -0.05) is 135 Å². The van der Waals surface area contributed by atoms with Crippen molar-refractivity contribution in [3.8, 4) is 0 Å². The largest absolute Gasteiger partial charge is 0.480 e. The second kappa shape index (κ2) is 15.5. The quantitative estimate of drug-likeness (QED) is 0.415. The SMILES string of the molecule is Cc1ccccc1.Cc1ccccc1.Cc1ccccc1.O=C(O)C1C=CSS1. The number of hydrogen-bond acceptors (Lipinski definition) is 3. The number of aliphatic carboxylic acids is 1. The maximum atomic E-state index is 10.1. The van der Waals surface area contributed by atoms with Gasteiger partial charge in [-0.3, -0.25) is 4.79 Å². The van der Waals surface area contributed by atoms with E-state index in [1.165, 1.54) is 38.3 Å². The van der Waals surface area contributed by atoms with Gasteiger partial charge in [-0.2, -0.15) is 0 Å². The standard InChI is InChI=1S/3C7H8.C4H4O2S2/c3*1-7-5-3-2-4-6-7;5-4(6)3-1-2-7-8-3/h3*2-6H,1H3;1-3H,(H,5,6). The average Bonchev–Trinajstić information content (AvgIpc) is 3.27. The first-order chi connectivity index (χ1) is 14.0. The van der Waals surface area contributed by atoms with Crippen LogP contribution in [-0.2, 0) is 4.79 Å². The van der Waals surface area contributed by atoms with Crippen molar-refractivity contribution in [1.29, 1.82) is 0 Å². The zero-order valence-corrected chi connectivity index (χ0v) is 18.7. The summed E-state index contributed by atoms with van der Waals surface area (Å²) in [6.45, 7) is 6.25. The third-order valence-corrected chi connectivity index (χ3v) is 5.77. The minimum absolute atomic E-state index is 0.319. The Morgan fingerprint density at radius 1 is 0.690 bits per heavy atom. The van der Waals surface area contributed by atoms with E-state index in [9.17, 15) is 4.79 Å². The lowest BCUT2D eigenvalue weighted by molar-refractivity contribution is -0.135. The molecule has 152 valence electrons. The zero-order valence-electron chi connectivity index (χ0n) is 17.1. The molecule has 0 aliphatic carbocycles. The van der Waals surface area contributed by atoms with E-state index in [1.807, 2.05) is 54.6 Å². The fourth-order valence-electron chi connectivity index (χ4n) is 1.95. The highest BCUT2D eigenvalue weighted by Crippen LogP contribution is 2.35. The summed E-state index contributed by atoms with van der Waals surface area (Å²) in [5.41, 5.74) is 3.97. The lowest BCUT2D eigenvalue weighted by Crippen LogP contribution is -2.09. The molecule has 0 saturated heterocycles. The van der Waals surface area contributed by atoms with Crippen molar-refractivity contribution >= 4 is 27.6 Å². The van der Waals surface area contributed by atoms with Gasteiger partial charge >= 0.3 is 5.97 Å². The molecule has 4 heteroatoms. The lowest BCUT2D eigenvalue weighted by Gasteiger charge is -1.94.